The molecule has 0 unspecified atom stereocenters. The van der Waals surface area contributed by atoms with E-state index in [0.29, 0.717) is 0 Å². The number of imidazole rings is 1. The monoisotopic (exact) mass is 228 g/mol. The first kappa shape index (κ1) is 10.4. The minimum Gasteiger partial charge on any atom is -0.497 e. The summed E-state index contributed by atoms with van der Waals surface area (Å²) in [6, 6.07) is 6.07. The van der Waals surface area contributed by atoms with Crippen molar-refractivity contribution in [1.82, 2.24) is 9.97 Å². The number of aryl methyl sites for hydroxylation is 1. The zero-order chi connectivity index (χ0) is 11.8. The zero-order valence-electron chi connectivity index (χ0n) is 10.2. The van der Waals surface area contributed by atoms with Crippen LogP contribution in [0.15, 0.2) is 24.4 Å². The Morgan fingerprint density at radius 1 is 1.35 bits per heavy atom. The summed E-state index contributed by atoms with van der Waals surface area (Å²) in [5, 5.41) is 0. The van der Waals surface area contributed by atoms with E-state index in [-0.39, 0.29) is 0 Å². The van der Waals surface area contributed by atoms with Gasteiger partial charge in [-0.2, -0.15) is 0 Å². The highest BCUT2D eigenvalue weighted by Crippen LogP contribution is 2.39. The maximum atomic E-state index is 5.21. The van der Waals surface area contributed by atoms with E-state index in [2.05, 4.69) is 23.0 Å². The van der Waals surface area contributed by atoms with Crippen molar-refractivity contribution in [3.05, 3.63) is 35.7 Å². The molecule has 0 radical (unpaired) electrons. The number of hydrogen-bond acceptors (Lipinski definition) is 2. The molecule has 17 heavy (non-hydrogen) atoms. The van der Waals surface area contributed by atoms with Gasteiger partial charge in [0.25, 0.3) is 0 Å². The molecule has 0 aliphatic heterocycles. The maximum absolute atomic E-state index is 5.21. The minimum absolute atomic E-state index is 0.717. The van der Waals surface area contributed by atoms with E-state index in [9.17, 15) is 0 Å². The number of hydrogen-bond donors (Lipinski definition) is 1. The second-order valence-electron chi connectivity index (χ2n) is 4.64. The largest absolute Gasteiger partial charge is 0.497 e. The molecule has 3 rings (SSSR count). The molecule has 0 amide bonds. The van der Waals surface area contributed by atoms with Gasteiger partial charge in [-0.25, -0.2) is 4.98 Å². The van der Waals surface area contributed by atoms with Gasteiger partial charge in [-0.15, -0.1) is 0 Å². The molecule has 1 saturated carbocycles. The van der Waals surface area contributed by atoms with Crippen molar-refractivity contribution < 1.29 is 4.74 Å². The molecule has 1 aliphatic rings. The lowest BCUT2D eigenvalue weighted by molar-refractivity contribution is 0.414. The van der Waals surface area contributed by atoms with Crippen LogP contribution < -0.4 is 4.74 Å². The van der Waals surface area contributed by atoms with Crippen LogP contribution in [0.3, 0.4) is 0 Å². The van der Waals surface area contributed by atoms with Crippen LogP contribution in [0.5, 0.6) is 5.75 Å². The molecule has 88 valence electrons. The number of H-pyrrole nitrogens is 1. The van der Waals surface area contributed by atoms with Crippen LogP contribution in [0.2, 0.25) is 0 Å². The van der Waals surface area contributed by atoms with Gasteiger partial charge in [0.05, 0.1) is 7.11 Å². The van der Waals surface area contributed by atoms with E-state index >= 15 is 0 Å². The molecule has 0 spiro atoms. The molecular weight excluding hydrogens is 212 g/mol. The summed E-state index contributed by atoms with van der Waals surface area (Å²) in [6.07, 6.45) is 4.56. The number of nitrogens with one attached hydrogen (secondary N) is 1. The molecule has 1 aromatic carbocycles. The Kier molecular flexibility index (Phi) is 2.39. The van der Waals surface area contributed by atoms with Crippen molar-refractivity contribution in [1.29, 1.82) is 0 Å². The normalized spacial score (nSPS) is 14.9. The molecular formula is C14H16N2O. The van der Waals surface area contributed by atoms with E-state index in [1.807, 2.05) is 18.3 Å². The van der Waals surface area contributed by atoms with Gasteiger partial charge >= 0.3 is 0 Å². The van der Waals surface area contributed by atoms with Crippen molar-refractivity contribution in [2.24, 2.45) is 0 Å². The third-order valence-corrected chi connectivity index (χ3v) is 3.30. The topological polar surface area (TPSA) is 37.9 Å². The Balaban J connectivity index is 1.96. The number of methoxy groups -OCH3 is 1. The number of aromatic nitrogens is 2. The third kappa shape index (κ3) is 1.93. The average Bonchev–Trinajstić information content (AvgIpc) is 3.08. The Morgan fingerprint density at radius 3 is 2.82 bits per heavy atom. The molecule has 0 bridgehead atoms. The van der Waals surface area contributed by atoms with Gasteiger partial charge < -0.3 is 9.72 Å². The van der Waals surface area contributed by atoms with Crippen molar-refractivity contribution in [2.45, 2.75) is 25.7 Å². The fourth-order valence-electron chi connectivity index (χ4n) is 2.10. The lowest BCUT2D eigenvalue weighted by Crippen LogP contribution is -1.89. The van der Waals surface area contributed by atoms with Crippen LogP contribution in [0.25, 0.3) is 11.4 Å². The number of ether oxygens (including phenoxy) is 1. The van der Waals surface area contributed by atoms with Crippen LogP contribution in [0.4, 0.5) is 0 Å². The number of aromatic amines is 1. The van der Waals surface area contributed by atoms with Gasteiger partial charge in [-0.05, 0) is 43.5 Å². The molecule has 1 heterocycles. The smallest absolute Gasteiger partial charge is 0.137 e. The Bertz CT molecular complexity index is 541. The highest BCUT2D eigenvalue weighted by molar-refractivity contribution is 5.61. The van der Waals surface area contributed by atoms with Crippen LogP contribution in [0.1, 0.15) is 30.0 Å². The van der Waals surface area contributed by atoms with E-state index in [1.54, 1.807) is 7.11 Å². The number of rotatable bonds is 3. The molecule has 1 aromatic heterocycles. The van der Waals surface area contributed by atoms with Crippen LogP contribution >= 0.6 is 0 Å². The standard InChI is InChI=1S/C14H16N2O/c1-9-7-11(17-2)5-6-12(9)14-15-8-13(16-14)10-3-4-10/h5-8,10H,3-4H2,1-2H3,(H,15,16). The van der Waals surface area contributed by atoms with Crippen molar-refractivity contribution >= 4 is 0 Å². The molecule has 3 nitrogen and oxygen atoms in total. The Labute approximate surface area is 101 Å². The Morgan fingerprint density at radius 2 is 2.18 bits per heavy atom. The summed E-state index contributed by atoms with van der Waals surface area (Å²) < 4.78 is 5.21. The molecule has 1 N–H and O–H groups in total. The minimum atomic E-state index is 0.717. The fraction of sp³-hybridized carbons (Fsp3) is 0.357. The maximum Gasteiger partial charge on any atom is 0.137 e. The van der Waals surface area contributed by atoms with Crippen molar-refractivity contribution in [3.63, 3.8) is 0 Å². The summed E-state index contributed by atoms with van der Waals surface area (Å²) >= 11 is 0. The average molecular weight is 228 g/mol. The first-order valence-electron chi connectivity index (χ1n) is 5.98. The summed E-state index contributed by atoms with van der Waals surface area (Å²) in [5.41, 5.74) is 3.61. The van der Waals surface area contributed by atoms with Crippen molar-refractivity contribution in [2.75, 3.05) is 7.11 Å². The lowest BCUT2D eigenvalue weighted by Gasteiger charge is -2.05. The van der Waals surface area contributed by atoms with E-state index in [4.69, 9.17) is 4.74 Å². The molecule has 1 aliphatic carbocycles. The first-order chi connectivity index (χ1) is 8.28. The molecule has 3 heteroatoms. The second-order valence-corrected chi connectivity index (χ2v) is 4.64. The molecule has 2 aromatic rings. The Hall–Kier alpha value is -1.77. The third-order valence-electron chi connectivity index (χ3n) is 3.30. The zero-order valence-corrected chi connectivity index (χ0v) is 10.2. The quantitative estimate of drug-likeness (QED) is 0.875. The predicted octanol–water partition coefficient (Wildman–Crippen LogP) is 3.27. The van der Waals surface area contributed by atoms with Gasteiger partial charge in [0.2, 0.25) is 0 Å². The van der Waals surface area contributed by atoms with E-state index in [0.717, 1.165) is 23.1 Å². The van der Waals surface area contributed by atoms with Crippen LogP contribution in [-0.4, -0.2) is 17.1 Å². The van der Waals surface area contributed by atoms with Gasteiger partial charge in [-0.1, -0.05) is 0 Å². The highest BCUT2D eigenvalue weighted by Gasteiger charge is 2.25. The predicted molar refractivity (Wildman–Crippen MR) is 67.3 cm³/mol. The fourth-order valence-corrected chi connectivity index (χ4v) is 2.10. The van der Waals surface area contributed by atoms with Crippen molar-refractivity contribution in [3.8, 4) is 17.1 Å². The number of nitrogens with zero attached hydrogens (tertiary/aromatic N) is 1. The van der Waals surface area contributed by atoms with Gasteiger partial charge in [0.15, 0.2) is 0 Å². The summed E-state index contributed by atoms with van der Waals surface area (Å²) in [5.74, 6) is 2.57. The number of benzene rings is 1. The summed E-state index contributed by atoms with van der Waals surface area (Å²) in [6.45, 7) is 2.08. The molecule has 0 atom stereocenters. The summed E-state index contributed by atoms with van der Waals surface area (Å²) in [7, 11) is 1.69. The van der Waals surface area contributed by atoms with E-state index < -0.39 is 0 Å². The molecule has 0 saturated heterocycles. The highest BCUT2D eigenvalue weighted by atomic mass is 16.5. The second kappa shape index (κ2) is 3.91. The van der Waals surface area contributed by atoms with Crippen LogP contribution in [0, 0.1) is 6.92 Å². The van der Waals surface area contributed by atoms with E-state index in [1.165, 1.54) is 24.1 Å². The van der Waals surface area contributed by atoms with Gasteiger partial charge in [0.1, 0.15) is 11.6 Å². The van der Waals surface area contributed by atoms with Crippen LogP contribution in [-0.2, 0) is 0 Å². The SMILES string of the molecule is COc1ccc(-c2ncc(C3CC3)[nH]2)c(C)c1. The van der Waals surface area contributed by atoms with Gasteiger partial charge in [0, 0.05) is 23.4 Å². The lowest BCUT2D eigenvalue weighted by atomic mass is 10.1. The molecule has 1 fully saturated rings. The van der Waals surface area contributed by atoms with Gasteiger partial charge in [-0.3, -0.25) is 0 Å². The summed E-state index contributed by atoms with van der Waals surface area (Å²) in [4.78, 5) is 7.89. The first-order valence-corrected chi connectivity index (χ1v) is 5.98.